The van der Waals surface area contributed by atoms with Gasteiger partial charge in [0.2, 0.25) is 0 Å². The first kappa shape index (κ1) is 16.3. The van der Waals surface area contributed by atoms with E-state index < -0.39 is 21.7 Å². The van der Waals surface area contributed by atoms with Crippen molar-refractivity contribution in [2.24, 2.45) is 10.9 Å². The number of hydrogen-bond acceptors (Lipinski definition) is 4. The van der Waals surface area contributed by atoms with Gasteiger partial charge in [0, 0.05) is 24.5 Å². The fraction of sp³-hybridized carbons (Fsp3) is 0.412. The topological polar surface area (TPSA) is 63.6 Å². The van der Waals surface area contributed by atoms with Crippen LogP contribution in [0.2, 0.25) is 10.0 Å². The van der Waals surface area contributed by atoms with Crippen LogP contribution in [0.4, 0.5) is 0 Å². The molecule has 0 spiro atoms. The van der Waals surface area contributed by atoms with Crippen molar-refractivity contribution in [3.8, 4) is 0 Å². The van der Waals surface area contributed by atoms with E-state index >= 15 is 0 Å². The van der Waals surface area contributed by atoms with Crippen LogP contribution < -0.4 is 0 Å². The zero-order valence-electron chi connectivity index (χ0n) is 12.8. The summed E-state index contributed by atoms with van der Waals surface area (Å²) in [5, 5.41) is 0.766. The third kappa shape index (κ3) is 2.45. The van der Waals surface area contributed by atoms with Gasteiger partial charge in [-0.25, -0.2) is 8.42 Å². The molecule has 7 heteroatoms. The number of Topliss-reactive ketones (excluding diaryl/α,β-unsaturated/α-hetero) is 1. The van der Waals surface area contributed by atoms with Crippen LogP contribution >= 0.6 is 23.2 Å². The molecule has 0 bridgehead atoms. The Morgan fingerprint density at radius 2 is 1.83 bits per heavy atom. The van der Waals surface area contributed by atoms with Gasteiger partial charge in [-0.15, -0.1) is 0 Å². The number of ketones is 1. The van der Waals surface area contributed by atoms with E-state index in [-0.39, 0.29) is 11.5 Å². The molecule has 4 rings (SSSR count). The number of sulfone groups is 1. The second-order valence-electron chi connectivity index (χ2n) is 6.43. The minimum absolute atomic E-state index is 0.0599. The van der Waals surface area contributed by atoms with Crippen LogP contribution in [0.1, 0.15) is 37.2 Å². The van der Waals surface area contributed by atoms with Crippen molar-refractivity contribution >= 4 is 44.5 Å². The summed E-state index contributed by atoms with van der Waals surface area (Å²) < 4.78 is 25.2. The number of rotatable bonds is 1. The Labute approximate surface area is 150 Å². The summed E-state index contributed by atoms with van der Waals surface area (Å²) in [4.78, 5) is 17.5. The van der Waals surface area contributed by atoms with E-state index in [0.29, 0.717) is 33.5 Å². The molecule has 2 aliphatic heterocycles. The van der Waals surface area contributed by atoms with E-state index in [2.05, 4.69) is 4.99 Å². The lowest BCUT2D eigenvalue weighted by Crippen LogP contribution is -2.37. The van der Waals surface area contributed by atoms with Crippen LogP contribution in [0.25, 0.3) is 0 Å². The lowest BCUT2D eigenvalue weighted by Gasteiger charge is -2.34. The van der Waals surface area contributed by atoms with Gasteiger partial charge in [-0.05, 0) is 30.5 Å². The van der Waals surface area contributed by atoms with Crippen LogP contribution in [0.5, 0.6) is 0 Å². The predicted octanol–water partition coefficient (Wildman–Crippen LogP) is 3.93. The summed E-state index contributed by atoms with van der Waals surface area (Å²) in [6.45, 7) is 0. The van der Waals surface area contributed by atoms with Gasteiger partial charge >= 0.3 is 0 Å². The number of carbonyl (C=O) groups excluding carboxylic acids is 1. The van der Waals surface area contributed by atoms with Gasteiger partial charge in [0.15, 0.2) is 9.84 Å². The fourth-order valence-corrected chi connectivity index (χ4v) is 6.10. The number of nitrogens with zero attached hydrogens (tertiary/aromatic N) is 1. The third-order valence-corrected chi connectivity index (χ3v) is 7.63. The standard InChI is InChI=1S/C17H15Cl2NO3S/c18-10-5-4-9(8-11(10)19)15-16-12(2-1-3-14(16)21)20-13-6-7-24(22,23)17(13)15/h4-5,8,15-16H,1-3,6-7H2/t15-,16?/m0/s1. The van der Waals surface area contributed by atoms with Gasteiger partial charge in [0.25, 0.3) is 0 Å². The van der Waals surface area contributed by atoms with E-state index in [0.717, 1.165) is 24.1 Å². The second-order valence-corrected chi connectivity index (χ2v) is 9.32. The Morgan fingerprint density at radius 1 is 1.04 bits per heavy atom. The smallest absolute Gasteiger partial charge is 0.177 e. The molecule has 2 atom stereocenters. The second kappa shape index (κ2) is 5.68. The van der Waals surface area contributed by atoms with Gasteiger partial charge in [0.1, 0.15) is 5.78 Å². The highest BCUT2D eigenvalue weighted by Crippen LogP contribution is 2.48. The molecule has 3 aliphatic rings. The minimum Gasteiger partial charge on any atom is -0.299 e. The maximum absolute atomic E-state index is 12.6. The number of hydrogen-bond donors (Lipinski definition) is 0. The van der Waals surface area contributed by atoms with Crippen molar-refractivity contribution in [2.45, 2.75) is 31.6 Å². The molecule has 1 fully saturated rings. The molecule has 0 radical (unpaired) electrons. The summed E-state index contributed by atoms with van der Waals surface area (Å²) in [6.07, 6.45) is 2.40. The molecule has 0 saturated heterocycles. The summed E-state index contributed by atoms with van der Waals surface area (Å²) in [6, 6.07) is 5.10. The Hall–Kier alpha value is -1.17. The zero-order valence-corrected chi connectivity index (χ0v) is 15.1. The van der Waals surface area contributed by atoms with E-state index in [9.17, 15) is 13.2 Å². The van der Waals surface area contributed by atoms with Crippen LogP contribution in [-0.4, -0.2) is 25.7 Å². The van der Waals surface area contributed by atoms with Gasteiger partial charge in [-0.1, -0.05) is 29.3 Å². The van der Waals surface area contributed by atoms with Gasteiger partial charge in [0.05, 0.1) is 32.3 Å². The number of benzene rings is 1. The minimum atomic E-state index is -3.40. The highest BCUT2D eigenvalue weighted by atomic mass is 35.5. The predicted molar refractivity (Wildman–Crippen MR) is 94.4 cm³/mol. The maximum Gasteiger partial charge on any atom is 0.177 e. The molecule has 24 heavy (non-hydrogen) atoms. The summed E-state index contributed by atoms with van der Waals surface area (Å²) in [5.74, 6) is -0.900. The Kier molecular flexibility index (Phi) is 3.86. The molecule has 0 aromatic heterocycles. The zero-order chi connectivity index (χ0) is 17.1. The molecule has 1 aromatic carbocycles. The molecule has 0 amide bonds. The van der Waals surface area contributed by atoms with Gasteiger partial charge in [-0.2, -0.15) is 0 Å². The summed E-state index contributed by atoms with van der Waals surface area (Å²) >= 11 is 12.1. The van der Waals surface area contributed by atoms with Crippen molar-refractivity contribution in [2.75, 3.05) is 5.75 Å². The number of carbonyl (C=O) groups is 1. The third-order valence-electron chi connectivity index (χ3n) is 4.99. The molecule has 1 saturated carbocycles. The summed E-state index contributed by atoms with van der Waals surface area (Å²) in [7, 11) is -3.40. The van der Waals surface area contributed by atoms with Crippen LogP contribution in [-0.2, 0) is 14.6 Å². The largest absolute Gasteiger partial charge is 0.299 e. The van der Waals surface area contributed by atoms with Crippen LogP contribution in [0.15, 0.2) is 33.8 Å². The number of fused-ring (bicyclic) bond motifs is 1. The van der Waals surface area contributed by atoms with E-state index in [1.165, 1.54) is 0 Å². The van der Waals surface area contributed by atoms with E-state index in [1.54, 1.807) is 18.2 Å². The molecule has 1 aliphatic carbocycles. The SMILES string of the molecule is O=C1CCCC2=NC3=C([C@@H](c4ccc(Cl)c(Cl)c4)C12)S(=O)(=O)CC3. The number of aliphatic imine (C=N–C) groups is 1. The van der Waals surface area contributed by atoms with Crippen LogP contribution in [0, 0.1) is 5.92 Å². The van der Waals surface area contributed by atoms with E-state index in [1.807, 2.05) is 0 Å². The normalized spacial score (nSPS) is 28.4. The molecule has 4 nitrogen and oxygen atoms in total. The lowest BCUT2D eigenvalue weighted by atomic mass is 9.72. The first-order valence-corrected chi connectivity index (χ1v) is 10.3. The fourth-order valence-electron chi connectivity index (χ4n) is 3.95. The molecule has 1 unspecified atom stereocenters. The van der Waals surface area contributed by atoms with E-state index in [4.69, 9.17) is 23.2 Å². The Bertz CT molecular complexity index is 918. The lowest BCUT2D eigenvalue weighted by molar-refractivity contribution is -0.121. The molecule has 1 aromatic rings. The molecule has 126 valence electrons. The van der Waals surface area contributed by atoms with Crippen molar-refractivity contribution in [1.82, 2.24) is 0 Å². The van der Waals surface area contributed by atoms with Gasteiger partial charge in [-0.3, -0.25) is 9.79 Å². The van der Waals surface area contributed by atoms with Crippen molar-refractivity contribution in [1.29, 1.82) is 0 Å². The number of halogens is 2. The average molecular weight is 384 g/mol. The molecular weight excluding hydrogens is 369 g/mol. The Morgan fingerprint density at radius 3 is 2.58 bits per heavy atom. The highest BCUT2D eigenvalue weighted by Gasteiger charge is 2.47. The van der Waals surface area contributed by atoms with Crippen molar-refractivity contribution in [3.63, 3.8) is 0 Å². The summed E-state index contributed by atoms with van der Waals surface area (Å²) in [5.41, 5.74) is 2.15. The molecular formula is C17H15Cl2NO3S. The average Bonchev–Trinajstić information content (AvgIpc) is 2.84. The van der Waals surface area contributed by atoms with Crippen molar-refractivity contribution in [3.05, 3.63) is 44.4 Å². The first-order valence-electron chi connectivity index (χ1n) is 7.89. The van der Waals surface area contributed by atoms with Crippen LogP contribution in [0.3, 0.4) is 0 Å². The Balaban J connectivity index is 1.94. The maximum atomic E-state index is 12.6. The number of allylic oxidation sites excluding steroid dienone is 2. The monoisotopic (exact) mass is 383 g/mol. The molecule has 2 heterocycles. The highest BCUT2D eigenvalue weighted by molar-refractivity contribution is 7.95. The molecule has 0 N–H and O–H groups in total. The van der Waals surface area contributed by atoms with Crippen molar-refractivity contribution < 1.29 is 13.2 Å². The van der Waals surface area contributed by atoms with Gasteiger partial charge < -0.3 is 0 Å². The first-order chi connectivity index (χ1) is 11.4. The quantitative estimate of drug-likeness (QED) is 0.737.